The Hall–Kier alpha value is -1.91. The normalized spacial score (nSPS) is 11.4. The van der Waals surface area contributed by atoms with Crippen LogP contribution in [-0.2, 0) is 21.5 Å². The summed E-state index contributed by atoms with van der Waals surface area (Å²) in [7, 11) is -3.76. The fourth-order valence-electron chi connectivity index (χ4n) is 1.37. The number of hydrogen-bond donors (Lipinski definition) is 3. The van der Waals surface area contributed by atoms with E-state index in [0.717, 1.165) is 0 Å². The van der Waals surface area contributed by atoms with Crippen LogP contribution in [0.15, 0.2) is 11.0 Å². The summed E-state index contributed by atoms with van der Waals surface area (Å²) in [5.74, 6) is -2.24. The second kappa shape index (κ2) is 4.76. The van der Waals surface area contributed by atoms with Crippen molar-refractivity contribution in [1.82, 2.24) is 0 Å². The van der Waals surface area contributed by atoms with Gasteiger partial charge in [0.05, 0.1) is 23.2 Å². The minimum Gasteiger partial charge on any atom is -0.506 e. The van der Waals surface area contributed by atoms with E-state index < -0.39 is 49.3 Å². The third kappa shape index (κ3) is 2.50. The topological polar surface area (TPSA) is 147 Å². The molecule has 0 fully saturated rings. The van der Waals surface area contributed by atoms with Gasteiger partial charge in [-0.3, -0.25) is 14.7 Å². The average Bonchev–Trinajstić information content (AvgIpc) is 2.19. The maximum absolute atomic E-state index is 10.9. The number of rotatable bonds is 4. The summed E-state index contributed by atoms with van der Waals surface area (Å²) in [6.45, 7) is -0.467. The second-order valence-corrected chi connectivity index (χ2v) is 4.59. The van der Waals surface area contributed by atoms with E-state index in [0.29, 0.717) is 6.07 Å². The first-order chi connectivity index (χ1) is 8.20. The van der Waals surface area contributed by atoms with Gasteiger partial charge in [-0.05, 0) is 0 Å². The maximum atomic E-state index is 10.9. The smallest absolute Gasteiger partial charge is 0.301 e. The zero-order chi connectivity index (χ0) is 14.1. The molecule has 0 aliphatic rings. The Kier molecular flexibility index (Phi) is 3.74. The SMILES string of the molecule is COCc1c([N+](=O)[O-])cc(O)c(S(=O)(=O)O)c1O. The van der Waals surface area contributed by atoms with Crippen LogP contribution in [0.1, 0.15) is 5.56 Å². The van der Waals surface area contributed by atoms with Gasteiger partial charge in [0.1, 0.15) is 5.75 Å². The lowest BCUT2D eigenvalue weighted by Crippen LogP contribution is -2.04. The molecule has 1 aromatic rings. The van der Waals surface area contributed by atoms with Crippen LogP contribution in [-0.4, -0.2) is 35.2 Å². The molecule has 0 heterocycles. The van der Waals surface area contributed by atoms with Gasteiger partial charge in [-0.25, -0.2) is 0 Å². The number of ether oxygens (including phenoxy) is 1. The first-order valence-electron chi connectivity index (χ1n) is 4.38. The molecule has 0 unspecified atom stereocenters. The molecule has 1 aromatic carbocycles. The summed E-state index contributed by atoms with van der Waals surface area (Å²) in [5, 5.41) is 29.6. The number of benzene rings is 1. The van der Waals surface area contributed by atoms with Gasteiger partial charge in [-0.1, -0.05) is 0 Å². The first kappa shape index (κ1) is 14.2. The number of aromatic hydroxyl groups is 2. The van der Waals surface area contributed by atoms with Crippen molar-refractivity contribution in [3.63, 3.8) is 0 Å². The maximum Gasteiger partial charge on any atom is 0.301 e. The number of phenolic OH excluding ortho intramolecular Hbond substituents is 2. The minimum absolute atomic E-state index is 0.465. The van der Waals surface area contributed by atoms with Crippen molar-refractivity contribution in [2.75, 3.05) is 7.11 Å². The zero-order valence-electron chi connectivity index (χ0n) is 9.02. The van der Waals surface area contributed by atoms with Gasteiger partial charge >= 0.3 is 10.1 Å². The Labute approximate surface area is 101 Å². The van der Waals surface area contributed by atoms with E-state index in [1.165, 1.54) is 7.11 Å². The number of hydrogen-bond acceptors (Lipinski definition) is 7. The quantitative estimate of drug-likeness (QED) is 0.407. The molecule has 0 saturated heterocycles. The van der Waals surface area contributed by atoms with Crippen molar-refractivity contribution >= 4 is 15.8 Å². The molecular formula is C8H9NO8S. The van der Waals surface area contributed by atoms with Crippen LogP contribution >= 0.6 is 0 Å². The molecule has 0 radical (unpaired) electrons. The lowest BCUT2D eigenvalue weighted by Gasteiger charge is -2.09. The van der Waals surface area contributed by atoms with Gasteiger partial charge in [0.2, 0.25) is 0 Å². The highest BCUT2D eigenvalue weighted by Crippen LogP contribution is 2.40. The monoisotopic (exact) mass is 279 g/mol. The lowest BCUT2D eigenvalue weighted by atomic mass is 10.1. The minimum atomic E-state index is -4.93. The molecular weight excluding hydrogens is 270 g/mol. The van der Waals surface area contributed by atoms with Crippen LogP contribution in [0.5, 0.6) is 11.5 Å². The highest BCUT2D eigenvalue weighted by Gasteiger charge is 2.30. The molecule has 0 amide bonds. The second-order valence-electron chi connectivity index (χ2n) is 3.24. The summed E-state index contributed by atoms with van der Waals surface area (Å²) >= 11 is 0. The summed E-state index contributed by atoms with van der Waals surface area (Å²) < 4.78 is 35.3. The van der Waals surface area contributed by atoms with Gasteiger partial charge in [0, 0.05) is 7.11 Å². The lowest BCUT2D eigenvalue weighted by molar-refractivity contribution is -0.386. The third-order valence-electron chi connectivity index (χ3n) is 2.06. The van der Waals surface area contributed by atoms with Crippen LogP contribution in [0.3, 0.4) is 0 Å². The Bertz CT molecular complexity index is 594. The number of nitro benzene ring substituents is 1. The number of nitro groups is 1. The average molecular weight is 279 g/mol. The fourth-order valence-corrected chi connectivity index (χ4v) is 2.06. The van der Waals surface area contributed by atoms with Crippen molar-refractivity contribution in [1.29, 1.82) is 0 Å². The van der Waals surface area contributed by atoms with Crippen molar-refractivity contribution < 1.29 is 32.8 Å². The molecule has 0 spiro atoms. The van der Waals surface area contributed by atoms with Crippen molar-refractivity contribution in [2.45, 2.75) is 11.5 Å². The van der Waals surface area contributed by atoms with E-state index in [4.69, 9.17) is 4.55 Å². The Morgan fingerprint density at radius 1 is 1.44 bits per heavy atom. The molecule has 9 nitrogen and oxygen atoms in total. The van der Waals surface area contributed by atoms with E-state index in [-0.39, 0.29) is 0 Å². The summed E-state index contributed by atoms with van der Waals surface area (Å²) in [6.07, 6.45) is 0. The summed E-state index contributed by atoms with van der Waals surface area (Å²) in [5.41, 5.74) is -1.19. The predicted octanol–water partition coefficient (Wildman–Crippen LogP) is 0.399. The summed E-state index contributed by atoms with van der Waals surface area (Å²) in [4.78, 5) is 8.55. The van der Waals surface area contributed by atoms with Crippen LogP contribution in [0.4, 0.5) is 5.69 Å². The molecule has 0 bridgehead atoms. The van der Waals surface area contributed by atoms with Crippen molar-refractivity contribution in [3.05, 3.63) is 21.7 Å². The molecule has 3 N–H and O–H groups in total. The molecule has 0 aliphatic heterocycles. The number of phenols is 2. The van der Waals surface area contributed by atoms with Crippen molar-refractivity contribution in [3.8, 4) is 11.5 Å². The molecule has 0 aliphatic carbocycles. The van der Waals surface area contributed by atoms with Gasteiger partial charge < -0.3 is 14.9 Å². The molecule has 0 atom stereocenters. The van der Waals surface area contributed by atoms with Gasteiger partial charge in [-0.15, -0.1) is 0 Å². The van der Waals surface area contributed by atoms with E-state index in [2.05, 4.69) is 4.74 Å². The molecule has 0 saturated carbocycles. The summed E-state index contributed by atoms with van der Waals surface area (Å²) in [6, 6.07) is 0.511. The van der Waals surface area contributed by atoms with E-state index in [1.54, 1.807) is 0 Å². The highest BCUT2D eigenvalue weighted by atomic mass is 32.2. The molecule has 0 aromatic heterocycles. The highest BCUT2D eigenvalue weighted by molar-refractivity contribution is 7.86. The number of methoxy groups -OCH3 is 1. The van der Waals surface area contributed by atoms with Crippen LogP contribution in [0.25, 0.3) is 0 Å². The zero-order valence-corrected chi connectivity index (χ0v) is 9.84. The van der Waals surface area contributed by atoms with Crippen molar-refractivity contribution in [2.24, 2.45) is 0 Å². The van der Waals surface area contributed by atoms with Crippen LogP contribution in [0.2, 0.25) is 0 Å². The fraction of sp³-hybridized carbons (Fsp3) is 0.250. The van der Waals surface area contributed by atoms with Gasteiger partial charge in [0.15, 0.2) is 10.6 Å². The number of nitrogens with zero attached hydrogens (tertiary/aromatic N) is 1. The standard InChI is InChI=1S/C8H9NO8S/c1-17-3-4-5(9(12)13)2-6(10)8(7(4)11)18(14,15)16/h2,10-11H,3H2,1H3,(H,14,15,16). The van der Waals surface area contributed by atoms with Gasteiger partial charge in [0.25, 0.3) is 5.69 Å². The van der Waals surface area contributed by atoms with E-state index in [9.17, 15) is 28.7 Å². The third-order valence-corrected chi connectivity index (χ3v) is 2.98. The predicted molar refractivity (Wildman–Crippen MR) is 57.0 cm³/mol. The van der Waals surface area contributed by atoms with Gasteiger partial charge in [-0.2, -0.15) is 8.42 Å². The van der Waals surface area contributed by atoms with E-state index >= 15 is 0 Å². The molecule has 1 rings (SSSR count). The van der Waals surface area contributed by atoms with E-state index in [1.807, 2.05) is 0 Å². The molecule has 10 heteroatoms. The molecule has 100 valence electrons. The van der Waals surface area contributed by atoms with Crippen LogP contribution < -0.4 is 0 Å². The first-order valence-corrected chi connectivity index (χ1v) is 5.82. The Morgan fingerprint density at radius 3 is 2.39 bits per heavy atom. The van der Waals surface area contributed by atoms with Crippen LogP contribution in [0, 0.1) is 10.1 Å². The Balaban J connectivity index is 3.71. The largest absolute Gasteiger partial charge is 0.506 e. The molecule has 18 heavy (non-hydrogen) atoms. The Morgan fingerprint density at radius 2 is 2.00 bits per heavy atom.